The van der Waals surface area contributed by atoms with Gasteiger partial charge in [-0.25, -0.2) is 0 Å². The third kappa shape index (κ3) is 7.01. The summed E-state index contributed by atoms with van der Waals surface area (Å²) in [5.41, 5.74) is 7.26. The van der Waals surface area contributed by atoms with Crippen molar-refractivity contribution in [1.82, 2.24) is 10.6 Å². The van der Waals surface area contributed by atoms with E-state index >= 15 is 0 Å². The van der Waals surface area contributed by atoms with Gasteiger partial charge in [0.05, 0.1) is 0 Å². The SMILES string of the molecule is CC(=O)N[C@H](Cc1ccccc1)C(=O)N[C@@H](Cc1ccc(I)cc1)C(N)=O. The first-order chi connectivity index (χ1) is 12.8. The maximum atomic E-state index is 12.7. The van der Waals surface area contributed by atoms with E-state index in [1.807, 2.05) is 54.6 Å². The summed E-state index contributed by atoms with van der Waals surface area (Å²) in [5.74, 6) is -1.38. The van der Waals surface area contributed by atoms with Crippen molar-refractivity contribution in [3.63, 3.8) is 0 Å². The molecule has 0 radical (unpaired) electrons. The molecule has 0 spiro atoms. The number of hydrogen-bond donors (Lipinski definition) is 3. The van der Waals surface area contributed by atoms with Crippen LogP contribution in [-0.2, 0) is 27.2 Å². The molecule has 2 rings (SSSR count). The van der Waals surface area contributed by atoms with Crippen molar-refractivity contribution in [2.45, 2.75) is 31.8 Å². The number of amides is 3. The van der Waals surface area contributed by atoms with Crippen LogP contribution in [0.3, 0.4) is 0 Å². The number of nitrogens with one attached hydrogen (secondary N) is 2. The van der Waals surface area contributed by atoms with Crippen LogP contribution in [0.1, 0.15) is 18.1 Å². The minimum atomic E-state index is -0.857. The van der Waals surface area contributed by atoms with Gasteiger partial charge in [0.2, 0.25) is 17.7 Å². The number of primary amides is 1. The lowest BCUT2D eigenvalue weighted by atomic mass is 10.0. The lowest BCUT2D eigenvalue weighted by Gasteiger charge is -2.22. The van der Waals surface area contributed by atoms with Crippen LogP contribution in [0.15, 0.2) is 54.6 Å². The molecule has 0 bridgehead atoms. The Bertz CT molecular complexity index is 794. The summed E-state index contributed by atoms with van der Waals surface area (Å²) in [5, 5.41) is 5.31. The summed E-state index contributed by atoms with van der Waals surface area (Å²) in [7, 11) is 0. The highest BCUT2D eigenvalue weighted by Crippen LogP contribution is 2.10. The van der Waals surface area contributed by atoms with E-state index in [9.17, 15) is 14.4 Å². The summed E-state index contributed by atoms with van der Waals surface area (Å²) in [6.07, 6.45) is 0.609. The lowest BCUT2D eigenvalue weighted by Crippen LogP contribution is -2.54. The van der Waals surface area contributed by atoms with E-state index in [2.05, 4.69) is 33.2 Å². The second-order valence-electron chi connectivity index (χ2n) is 6.24. The van der Waals surface area contributed by atoms with Crippen molar-refractivity contribution in [2.24, 2.45) is 5.73 Å². The summed E-state index contributed by atoms with van der Waals surface area (Å²) in [6.45, 7) is 1.35. The normalized spacial score (nSPS) is 12.7. The largest absolute Gasteiger partial charge is 0.368 e. The van der Waals surface area contributed by atoms with Crippen LogP contribution in [0.4, 0.5) is 0 Å². The molecular weight excluding hydrogens is 457 g/mol. The first kappa shape index (κ1) is 20.9. The molecule has 2 aromatic rings. The van der Waals surface area contributed by atoms with Crippen LogP contribution >= 0.6 is 22.6 Å². The molecule has 0 aliphatic rings. The molecule has 0 heterocycles. The Balaban J connectivity index is 2.10. The molecule has 0 aliphatic heterocycles. The molecule has 6 nitrogen and oxygen atoms in total. The number of carbonyl (C=O) groups excluding carboxylic acids is 3. The Labute approximate surface area is 172 Å². The molecule has 2 atom stereocenters. The first-order valence-electron chi connectivity index (χ1n) is 8.50. The third-order valence-corrected chi connectivity index (χ3v) is 4.71. The molecule has 0 aromatic heterocycles. The number of nitrogens with two attached hydrogens (primary N) is 1. The fraction of sp³-hybridized carbons (Fsp3) is 0.250. The van der Waals surface area contributed by atoms with Crippen LogP contribution in [0.25, 0.3) is 0 Å². The number of benzene rings is 2. The van der Waals surface area contributed by atoms with Crippen molar-refractivity contribution >= 4 is 40.3 Å². The van der Waals surface area contributed by atoms with Gasteiger partial charge in [-0.15, -0.1) is 0 Å². The Morgan fingerprint density at radius 2 is 1.44 bits per heavy atom. The molecule has 0 fully saturated rings. The van der Waals surface area contributed by atoms with E-state index in [4.69, 9.17) is 5.73 Å². The quantitative estimate of drug-likeness (QED) is 0.501. The van der Waals surface area contributed by atoms with Gasteiger partial charge in [0, 0.05) is 23.3 Å². The smallest absolute Gasteiger partial charge is 0.243 e. The van der Waals surface area contributed by atoms with Gasteiger partial charge < -0.3 is 16.4 Å². The van der Waals surface area contributed by atoms with Crippen molar-refractivity contribution in [1.29, 1.82) is 0 Å². The van der Waals surface area contributed by atoms with Crippen LogP contribution in [0, 0.1) is 3.57 Å². The average Bonchev–Trinajstić information content (AvgIpc) is 2.62. The summed E-state index contributed by atoms with van der Waals surface area (Å²) in [4.78, 5) is 36.0. The number of hydrogen-bond acceptors (Lipinski definition) is 3. The minimum absolute atomic E-state index is 0.288. The molecule has 27 heavy (non-hydrogen) atoms. The zero-order chi connectivity index (χ0) is 19.8. The second kappa shape index (κ2) is 10.1. The van der Waals surface area contributed by atoms with E-state index in [0.717, 1.165) is 14.7 Å². The molecule has 2 aromatic carbocycles. The van der Waals surface area contributed by atoms with Crippen molar-refractivity contribution in [3.05, 3.63) is 69.3 Å². The van der Waals surface area contributed by atoms with Crippen LogP contribution in [-0.4, -0.2) is 29.8 Å². The molecule has 0 saturated carbocycles. The lowest BCUT2D eigenvalue weighted by molar-refractivity contribution is -0.130. The predicted octanol–water partition coefficient (Wildman–Crippen LogP) is 1.55. The zero-order valence-electron chi connectivity index (χ0n) is 14.9. The van der Waals surface area contributed by atoms with Crippen molar-refractivity contribution < 1.29 is 14.4 Å². The second-order valence-corrected chi connectivity index (χ2v) is 7.48. The van der Waals surface area contributed by atoms with Gasteiger partial charge in [0.1, 0.15) is 12.1 Å². The van der Waals surface area contributed by atoms with Gasteiger partial charge in [-0.3, -0.25) is 14.4 Å². The molecule has 4 N–H and O–H groups in total. The van der Waals surface area contributed by atoms with E-state index in [1.165, 1.54) is 6.92 Å². The molecular formula is C20H22IN3O3. The van der Waals surface area contributed by atoms with Gasteiger partial charge in [-0.2, -0.15) is 0 Å². The zero-order valence-corrected chi connectivity index (χ0v) is 17.1. The van der Waals surface area contributed by atoms with Crippen LogP contribution in [0.5, 0.6) is 0 Å². The van der Waals surface area contributed by atoms with E-state index < -0.39 is 23.9 Å². The predicted molar refractivity (Wildman–Crippen MR) is 112 cm³/mol. The van der Waals surface area contributed by atoms with Crippen molar-refractivity contribution in [2.75, 3.05) is 0 Å². The van der Waals surface area contributed by atoms with E-state index in [1.54, 1.807) is 0 Å². The van der Waals surface area contributed by atoms with Gasteiger partial charge >= 0.3 is 0 Å². The van der Waals surface area contributed by atoms with E-state index in [-0.39, 0.29) is 12.3 Å². The number of halogens is 1. The van der Waals surface area contributed by atoms with Crippen molar-refractivity contribution in [3.8, 4) is 0 Å². The minimum Gasteiger partial charge on any atom is -0.368 e. The first-order valence-corrected chi connectivity index (χ1v) is 9.58. The standard InChI is InChI=1S/C20H22IN3O3/c1-13(25)23-18(12-14-5-3-2-4-6-14)20(27)24-17(19(22)26)11-15-7-9-16(21)10-8-15/h2-10,17-18H,11-12H2,1H3,(H2,22,26)(H,23,25)(H,24,27)/t17-,18+/m0/s1. The number of carbonyl (C=O) groups is 3. The van der Waals surface area contributed by atoms with Crippen LogP contribution in [0.2, 0.25) is 0 Å². The fourth-order valence-corrected chi connectivity index (χ4v) is 3.02. The highest BCUT2D eigenvalue weighted by Gasteiger charge is 2.25. The summed E-state index contributed by atoms with van der Waals surface area (Å²) < 4.78 is 1.07. The monoisotopic (exact) mass is 479 g/mol. The average molecular weight is 479 g/mol. The van der Waals surface area contributed by atoms with Crippen LogP contribution < -0.4 is 16.4 Å². The van der Waals surface area contributed by atoms with Gasteiger partial charge in [-0.05, 0) is 45.9 Å². The van der Waals surface area contributed by atoms with Gasteiger partial charge in [0.25, 0.3) is 0 Å². The fourth-order valence-electron chi connectivity index (χ4n) is 2.66. The maximum absolute atomic E-state index is 12.7. The Morgan fingerprint density at radius 3 is 2.00 bits per heavy atom. The highest BCUT2D eigenvalue weighted by atomic mass is 127. The Hall–Kier alpha value is -2.42. The maximum Gasteiger partial charge on any atom is 0.243 e. The Morgan fingerprint density at radius 1 is 0.889 bits per heavy atom. The molecule has 142 valence electrons. The molecule has 3 amide bonds. The highest BCUT2D eigenvalue weighted by molar-refractivity contribution is 14.1. The molecule has 0 aliphatic carbocycles. The number of rotatable bonds is 8. The van der Waals surface area contributed by atoms with Gasteiger partial charge in [-0.1, -0.05) is 42.5 Å². The van der Waals surface area contributed by atoms with E-state index in [0.29, 0.717) is 6.42 Å². The molecule has 0 unspecified atom stereocenters. The summed E-state index contributed by atoms with van der Waals surface area (Å²) in [6, 6.07) is 15.3. The Kier molecular flexibility index (Phi) is 7.78. The van der Waals surface area contributed by atoms with Gasteiger partial charge in [0.15, 0.2) is 0 Å². The molecule has 7 heteroatoms. The summed E-state index contributed by atoms with van der Waals surface area (Å²) >= 11 is 2.19. The third-order valence-electron chi connectivity index (χ3n) is 3.99. The topological polar surface area (TPSA) is 101 Å². The molecule has 0 saturated heterocycles.